The van der Waals surface area contributed by atoms with E-state index in [9.17, 15) is 9.18 Å². The lowest BCUT2D eigenvalue weighted by Gasteiger charge is -2.08. The number of carbonyl (C=O) groups excluding carboxylic acids is 1. The number of ether oxygens (including phenoxy) is 1. The van der Waals surface area contributed by atoms with E-state index < -0.39 is 0 Å². The first-order chi connectivity index (χ1) is 15.6. The van der Waals surface area contributed by atoms with Crippen LogP contribution in [0, 0.1) is 5.82 Å². The molecule has 1 aromatic heterocycles. The van der Waals surface area contributed by atoms with Gasteiger partial charge >= 0.3 is 0 Å². The van der Waals surface area contributed by atoms with Gasteiger partial charge in [-0.2, -0.15) is 5.10 Å². The molecule has 0 bridgehead atoms. The number of nitrogens with one attached hydrogen (secondary N) is 1. The first kappa shape index (κ1) is 21.1. The predicted molar refractivity (Wildman–Crippen MR) is 123 cm³/mol. The Balaban J connectivity index is 1.33. The number of hydrogen-bond acceptors (Lipinski definition) is 3. The topological polar surface area (TPSA) is 55.6 Å². The fraction of sp³-hybridized carbons (Fsp3) is 0.0769. The van der Waals surface area contributed by atoms with E-state index in [0.717, 1.165) is 16.8 Å². The normalized spacial score (nSPS) is 11.2. The van der Waals surface area contributed by atoms with Crippen LogP contribution in [0.5, 0.6) is 5.75 Å². The molecule has 160 valence electrons. The van der Waals surface area contributed by atoms with Gasteiger partial charge in [-0.05, 0) is 90.8 Å². The van der Waals surface area contributed by atoms with Crippen molar-refractivity contribution in [3.05, 3.63) is 120 Å². The number of hydrazone groups is 1. The highest BCUT2D eigenvalue weighted by atomic mass is 19.1. The SMILES string of the molecule is CC(=NNC(=O)c1ccc(-n2cccc2)cc1)c1ccc(OCc2ccc(F)cc2)cc1. The molecule has 0 atom stereocenters. The fourth-order valence-corrected chi connectivity index (χ4v) is 3.09. The zero-order chi connectivity index (χ0) is 22.3. The van der Waals surface area contributed by atoms with Gasteiger partial charge in [0.2, 0.25) is 0 Å². The number of halogens is 1. The summed E-state index contributed by atoms with van der Waals surface area (Å²) in [5.41, 5.74) is 6.53. The van der Waals surface area contributed by atoms with E-state index in [1.807, 2.05) is 72.4 Å². The monoisotopic (exact) mass is 427 g/mol. The Morgan fingerprint density at radius 3 is 2.19 bits per heavy atom. The van der Waals surface area contributed by atoms with Crippen molar-refractivity contribution in [1.29, 1.82) is 0 Å². The molecule has 1 amide bonds. The van der Waals surface area contributed by atoms with Gasteiger partial charge in [-0.15, -0.1) is 0 Å². The lowest BCUT2D eigenvalue weighted by atomic mass is 10.1. The van der Waals surface area contributed by atoms with Crippen LogP contribution in [0.3, 0.4) is 0 Å². The van der Waals surface area contributed by atoms with Crippen LogP contribution in [-0.4, -0.2) is 16.2 Å². The van der Waals surface area contributed by atoms with E-state index in [0.29, 0.717) is 23.6 Å². The van der Waals surface area contributed by atoms with Crippen molar-refractivity contribution in [1.82, 2.24) is 9.99 Å². The number of benzene rings is 3. The van der Waals surface area contributed by atoms with E-state index in [1.165, 1.54) is 12.1 Å². The summed E-state index contributed by atoms with van der Waals surface area (Å²) in [4.78, 5) is 12.4. The summed E-state index contributed by atoms with van der Waals surface area (Å²) in [5, 5.41) is 4.21. The van der Waals surface area contributed by atoms with Crippen LogP contribution in [0.2, 0.25) is 0 Å². The molecular weight excluding hydrogens is 405 g/mol. The van der Waals surface area contributed by atoms with Crippen molar-refractivity contribution in [3.63, 3.8) is 0 Å². The van der Waals surface area contributed by atoms with Gasteiger partial charge in [0.05, 0.1) is 5.71 Å². The van der Waals surface area contributed by atoms with Crippen molar-refractivity contribution in [2.45, 2.75) is 13.5 Å². The summed E-state index contributed by atoms with van der Waals surface area (Å²) >= 11 is 0. The molecule has 0 unspecified atom stereocenters. The molecule has 0 radical (unpaired) electrons. The third kappa shape index (κ3) is 5.29. The number of aromatic nitrogens is 1. The summed E-state index contributed by atoms with van der Waals surface area (Å²) in [5.74, 6) is 0.147. The van der Waals surface area contributed by atoms with Crippen LogP contribution in [-0.2, 0) is 6.61 Å². The van der Waals surface area contributed by atoms with E-state index in [4.69, 9.17) is 4.74 Å². The largest absolute Gasteiger partial charge is 0.489 e. The molecule has 1 heterocycles. The van der Waals surface area contributed by atoms with Gasteiger partial charge in [-0.3, -0.25) is 4.79 Å². The molecule has 0 saturated heterocycles. The van der Waals surface area contributed by atoms with Crippen molar-refractivity contribution in [2.75, 3.05) is 0 Å². The molecule has 0 saturated carbocycles. The highest BCUT2D eigenvalue weighted by Crippen LogP contribution is 2.15. The minimum absolute atomic E-state index is 0.270. The zero-order valence-corrected chi connectivity index (χ0v) is 17.5. The maximum atomic E-state index is 13.0. The van der Waals surface area contributed by atoms with Gasteiger partial charge < -0.3 is 9.30 Å². The van der Waals surface area contributed by atoms with Gasteiger partial charge in [0, 0.05) is 23.6 Å². The highest BCUT2D eigenvalue weighted by Gasteiger charge is 2.06. The van der Waals surface area contributed by atoms with Crippen molar-refractivity contribution in [3.8, 4) is 11.4 Å². The number of nitrogens with zero attached hydrogens (tertiary/aromatic N) is 2. The molecule has 0 aliphatic carbocycles. The Kier molecular flexibility index (Phi) is 6.41. The minimum Gasteiger partial charge on any atom is -0.489 e. The predicted octanol–water partition coefficient (Wildman–Crippen LogP) is 5.35. The summed E-state index contributed by atoms with van der Waals surface area (Å²) in [6.45, 7) is 2.18. The molecule has 0 aliphatic rings. The van der Waals surface area contributed by atoms with E-state index >= 15 is 0 Å². The van der Waals surface area contributed by atoms with Gasteiger partial charge in [-0.25, -0.2) is 9.82 Å². The number of hydrogen-bond donors (Lipinski definition) is 1. The third-order valence-electron chi connectivity index (χ3n) is 4.95. The lowest BCUT2D eigenvalue weighted by molar-refractivity contribution is 0.0955. The second-order valence-corrected chi connectivity index (χ2v) is 7.21. The molecule has 4 rings (SSSR count). The summed E-state index contributed by atoms with van der Waals surface area (Å²) in [6, 6.07) is 24.8. The van der Waals surface area contributed by atoms with E-state index in [-0.39, 0.29) is 11.7 Å². The lowest BCUT2D eigenvalue weighted by Crippen LogP contribution is -2.19. The number of rotatable bonds is 7. The van der Waals surface area contributed by atoms with Crippen molar-refractivity contribution >= 4 is 11.6 Å². The maximum absolute atomic E-state index is 13.0. The Labute approximate surface area is 185 Å². The van der Waals surface area contributed by atoms with E-state index in [2.05, 4.69) is 10.5 Å². The quantitative estimate of drug-likeness (QED) is 0.319. The average Bonchev–Trinajstić information content (AvgIpc) is 3.37. The second kappa shape index (κ2) is 9.75. The molecule has 4 aromatic rings. The molecule has 0 fully saturated rings. The van der Waals surface area contributed by atoms with Crippen LogP contribution in [0.15, 0.2) is 102 Å². The van der Waals surface area contributed by atoms with E-state index in [1.54, 1.807) is 24.3 Å². The Morgan fingerprint density at radius 1 is 0.906 bits per heavy atom. The molecule has 32 heavy (non-hydrogen) atoms. The molecule has 3 aromatic carbocycles. The molecule has 5 nitrogen and oxygen atoms in total. The molecule has 0 aliphatic heterocycles. The first-order valence-corrected chi connectivity index (χ1v) is 10.1. The van der Waals surface area contributed by atoms with Crippen molar-refractivity contribution < 1.29 is 13.9 Å². The minimum atomic E-state index is -0.275. The van der Waals surface area contributed by atoms with Crippen LogP contribution >= 0.6 is 0 Å². The molecular formula is C26H22FN3O2. The zero-order valence-electron chi connectivity index (χ0n) is 17.5. The van der Waals surface area contributed by atoms with Crippen LogP contribution < -0.4 is 10.2 Å². The smallest absolute Gasteiger partial charge is 0.271 e. The first-order valence-electron chi connectivity index (χ1n) is 10.1. The van der Waals surface area contributed by atoms with Gasteiger partial charge in [0.15, 0.2) is 0 Å². The fourth-order valence-electron chi connectivity index (χ4n) is 3.09. The maximum Gasteiger partial charge on any atom is 0.271 e. The Hall–Kier alpha value is -4.19. The van der Waals surface area contributed by atoms with Gasteiger partial charge in [-0.1, -0.05) is 12.1 Å². The second-order valence-electron chi connectivity index (χ2n) is 7.21. The standard InChI is InChI=1S/C26H22FN3O2/c1-19(21-8-14-25(15-9-21)32-18-20-4-10-23(27)11-5-20)28-29-26(31)22-6-12-24(13-7-22)30-16-2-3-17-30/h2-17H,18H2,1H3,(H,29,31). The highest BCUT2D eigenvalue weighted by molar-refractivity contribution is 6.00. The van der Waals surface area contributed by atoms with Gasteiger partial charge in [0.25, 0.3) is 5.91 Å². The molecule has 0 spiro atoms. The van der Waals surface area contributed by atoms with Crippen LogP contribution in [0.1, 0.15) is 28.4 Å². The molecule has 1 N–H and O–H groups in total. The number of amides is 1. The number of carbonyl (C=O) groups is 1. The van der Waals surface area contributed by atoms with Crippen molar-refractivity contribution in [2.24, 2.45) is 5.10 Å². The summed E-state index contributed by atoms with van der Waals surface area (Å²) in [6.07, 6.45) is 3.89. The summed E-state index contributed by atoms with van der Waals surface area (Å²) in [7, 11) is 0. The third-order valence-corrected chi connectivity index (χ3v) is 4.95. The van der Waals surface area contributed by atoms with Gasteiger partial charge in [0.1, 0.15) is 18.2 Å². The van der Waals surface area contributed by atoms with Crippen LogP contribution in [0.25, 0.3) is 5.69 Å². The van der Waals surface area contributed by atoms with Crippen LogP contribution in [0.4, 0.5) is 4.39 Å². The molecule has 6 heteroatoms. The Bertz CT molecular complexity index is 1200. The Morgan fingerprint density at radius 2 is 1.53 bits per heavy atom. The summed E-state index contributed by atoms with van der Waals surface area (Å²) < 4.78 is 20.7. The average molecular weight is 427 g/mol.